The quantitative estimate of drug-likeness (QED) is 0.541. The van der Waals surface area contributed by atoms with Gasteiger partial charge in [-0.2, -0.15) is 0 Å². The van der Waals surface area contributed by atoms with Crippen LogP contribution in [-0.2, 0) is 6.54 Å². The van der Waals surface area contributed by atoms with E-state index >= 15 is 0 Å². The van der Waals surface area contributed by atoms with Crippen LogP contribution in [0, 0.1) is 5.82 Å². The number of H-pyrrole nitrogens is 1. The average Bonchev–Trinajstić information content (AvgIpc) is 3.09. The van der Waals surface area contributed by atoms with Gasteiger partial charge in [0.2, 0.25) is 0 Å². The van der Waals surface area contributed by atoms with Crippen molar-refractivity contribution in [3.8, 4) is 11.3 Å². The predicted molar refractivity (Wildman–Crippen MR) is 98.1 cm³/mol. The van der Waals surface area contributed by atoms with Gasteiger partial charge in [0.05, 0.1) is 24.0 Å². The minimum atomic E-state index is -0.255. The SMILES string of the molecule is Fc1ccc(-c2cnc(CNc3ccnc4cc(Cl)ccc34)[nH]2)cc1. The van der Waals surface area contributed by atoms with Gasteiger partial charge >= 0.3 is 0 Å². The van der Waals surface area contributed by atoms with Gasteiger partial charge in [-0.05, 0) is 54.1 Å². The highest BCUT2D eigenvalue weighted by Gasteiger charge is 2.06. The number of hydrogen-bond acceptors (Lipinski definition) is 3. The molecule has 4 nitrogen and oxygen atoms in total. The molecule has 124 valence electrons. The lowest BCUT2D eigenvalue weighted by Gasteiger charge is -2.08. The fourth-order valence-electron chi connectivity index (χ4n) is 2.68. The number of nitrogens with zero attached hydrogens (tertiary/aromatic N) is 2. The van der Waals surface area contributed by atoms with Crippen LogP contribution >= 0.6 is 11.6 Å². The monoisotopic (exact) mass is 352 g/mol. The summed E-state index contributed by atoms with van der Waals surface area (Å²) in [5.74, 6) is 0.535. The number of aromatic nitrogens is 3. The first-order valence-electron chi connectivity index (χ1n) is 7.77. The van der Waals surface area contributed by atoms with E-state index in [1.165, 1.54) is 12.1 Å². The molecule has 0 bridgehead atoms. The molecule has 0 saturated heterocycles. The van der Waals surface area contributed by atoms with Crippen molar-refractivity contribution in [1.82, 2.24) is 15.0 Å². The highest BCUT2D eigenvalue weighted by molar-refractivity contribution is 6.31. The number of nitrogens with one attached hydrogen (secondary N) is 2. The fourth-order valence-corrected chi connectivity index (χ4v) is 2.85. The molecule has 0 aliphatic carbocycles. The summed E-state index contributed by atoms with van der Waals surface area (Å²) in [6.45, 7) is 0.531. The summed E-state index contributed by atoms with van der Waals surface area (Å²) in [5, 5.41) is 5.02. The average molecular weight is 353 g/mol. The second kappa shape index (κ2) is 6.53. The van der Waals surface area contributed by atoms with Gasteiger partial charge in [0, 0.05) is 22.3 Å². The van der Waals surface area contributed by atoms with Crippen molar-refractivity contribution in [3.63, 3.8) is 0 Å². The molecule has 0 fully saturated rings. The third-order valence-electron chi connectivity index (χ3n) is 3.93. The topological polar surface area (TPSA) is 53.6 Å². The van der Waals surface area contributed by atoms with Gasteiger partial charge in [-0.15, -0.1) is 0 Å². The van der Waals surface area contributed by atoms with Gasteiger partial charge in [-0.3, -0.25) is 4.98 Å². The molecular formula is C19H14ClFN4. The lowest BCUT2D eigenvalue weighted by Crippen LogP contribution is -2.02. The maximum Gasteiger partial charge on any atom is 0.125 e. The van der Waals surface area contributed by atoms with Crippen molar-refractivity contribution in [3.05, 3.63) is 77.6 Å². The van der Waals surface area contributed by atoms with Crippen LogP contribution in [0.15, 0.2) is 60.9 Å². The fraction of sp³-hybridized carbons (Fsp3) is 0.0526. The Hall–Kier alpha value is -2.92. The van der Waals surface area contributed by atoms with E-state index in [-0.39, 0.29) is 5.82 Å². The number of halogens is 2. The molecule has 2 heterocycles. The van der Waals surface area contributed by atoms with Gasteiger partial charge in [0.1, 0.15) is 11.6 Å². The van der Waals surface area contributed by atoms with Crippen LogP contribution in [0.2, 0.25) is 5.02 Å². The summed E-state index contributed by atoms with van der Waals surface area (Å²) < 4.78 is 13.0. The normalized spacial score (nSPS) is 11.0. The van der Waals surface area contributed by atoms with Crippen LogP contribution < -0.4 is 5.32 Å². The first-order valence-corrected chi connectivity index (χ1v) is 8.15. The van der Waals surface area contributed by atoms with Crippen LogP contribution in [0.5, 0.6) is 0 Å². The van der Waals surface area contributed by atoms with Crippen LogP contribution in [0.4, 0.5) is 10.1 Å². The van der Waals surface area contributed by atoms with Crippen molar-refractivity contribution in [1.29, 1.82) is 0 Å². The summed E-state index contributed by atoms with van der Waals surface area (Å²) in [5.41, 5.74) is 3.54. The molecule has 0 amide bonds. The number of anilines is 1. The Labute approximate surface area is 148 Å². The first-order chi connectivity index (χ1) is 12.2. The van der Waals surface area contributed by atoms with Gasteiger partial charge in [0.15, 0.2) is 0 Å². The molecule has 6 heteroatoms. The number of imidazole rings is 1. The Bertz CT molecular complexity index is 1030. The number of aromatic amines is 1. The number of rotatable bonds is 4. The van der Waals surface area contributed by atoms with Crippen molar-refractivity contribution in [2.45, 2.75) is 6.54 Å². The second-order valence-electron chi connectivity index (χ2n) is 5.62. The molecule has 0 unspecified atom stereocenters. The number of benzene rings is 2. The van der Waals surface area contributed by atoms with Crippen LogP contribution in [0.25, 0.3) is 22.2 Å². The molecule has 2 aromatic carbocycles. The molecule has 4 aromatic rings. The smallest absolute Gasteiger partial charge is 0.125 e. The summed E-state index contributed by atoms with van der Waals surface area (Å²) in [4.78, 5) is 11.9. The van der Waals surface area contributed by atoms with E-state index in [9.17, 15) is 4.39 Å². The predicted octanol–water partition coefficient (Wildman–Crippen LogP) is 5.03. The standard InChI is InChI=1S/C19H14ClFN4/c20-13-3-6-15-16(7-8-22-17(15)9-13)23-11-19-24-10-18(25-19)12-1-4-14(21)5-2-12/h1-10H,11H2,(H,22,23)(H,24,25). The highest BCUT2D eigenvalue weighted by atomic mass is 35.5. The summed E-state index contributed by atoms with van der Waals surface area (Å²) in [6.07, 6.45) is 3.49. The highest BCUT2D eigenvalue weighted by Crippen LogP contribution is 2.25. The Morgan fingerprint density at radius 1 is 1.04 bits per heavy atom. The van der Waals surface area contributed by atoms with E-state index in [1.807, 2.05) is 24.3 Å². The number of hydrogen-bond donors (Lipinski definition) is 2. The van der Waals surface area contributed by atoms with Gasteiger partial charge in [-0.1, -0.05) is 11.6 Å². The Kier molecular flexibility index (Phi) is 4.07. The molecule has 0 radical (unpaired) electrons. The molecule has 0 saturated carbocycles. The summed E-state index contributed by atoms with van der Waals surface area (Å²) >= 11 is 6.02. The van der Waals surface area contributed by atoms with Crippen molar-refractivity contribution < 1.29 is 4.39 Å². The molecule has 2 N–H and O–H groups in total. The van der Waals surface area contributed by atoms with Gasteiger partial charge in [-0.25, -0.2) is 9.37 Å². The van der Waals surface area contributed by atoms with Crippen molar-refractivity contribution >= 4 is 28.2 Å². The molecule has 4 rings (SSSR count). The third kappa shape index (κ3) is 3.32. The van der Waals surface area contributed by atoms with E-state index < -0.39 is 0 Å². The maximum atomic E-state index is 13.0. The van der Waals surface area contributed by atoms with E-state index in [4.69, 9.17) is 11.6 Å². The van der Waals surface area contributed by atoms with Crippen LogP contribution in [0.1, 0.15) is 5.82 Å². The minimum Gasteiger partial charge on any atom is -0.377 e. The lowest BCUT2D eigenvalue weighted by molar-refractivity contribution is 0.628. The first kappa shape index (κ1) is 15.6. The molecular weight excluding hydrogens is 339 g/mol. The number of pyridine rings is 1. The van der Waals surface area contributed by atoms with E-state index in [0.717, 1.165) is 33.7 Å². The van der Waals surface area contributed by atoms with Crippen molar-refractivity contribution in [2.75, 3.05) is 5.32 Å². The Morgan fingerprint density at radius 3 is 2.72 bits per heavy atom. The zero-order valence-corrected chi connectivity index (χ0v) is 13.9. The number of fused-ring (bicyclic) bond motifs is 1. The van der Waals surface area contributed by atoms with Gasteiger partial charge < -0.3 is 10.3 Å². The molecule has 0 spiro atoms. The van der Waals surface area contributed by atoms with E-state index in [2.05, 4.69) is 20.3 Å². The lowest BCUT2D eigenvalue weighted by atomic mass is 10.2. The second-order valence-corrected chi connectivity index (χ2v) is 6.06. The minimum absolute atomic E-state index is 0.255. The molecule has 0 atom stereocenters. The zero-order chi connectivity index (χ0) is 17.2. The van der Waals surface area contributed by atoms with Crippen LogP contribution in [-0.4, -0.2) is 15.0 Å². The Balaban J connectivity index is 1.53. The van der Waals surface area contributed by atoms with Crippen molar-refractivity contribution in [2.24, 2.45) is 0 Å². The largest absolute Gasteiger partial charge is 0.377 e. The third-order valence-corrected chi connectivity index (χ3v) is 4.17. The zero-order valence-electron chi connectivity index (χ0n) is 13.1. The Morgan fingerprint density at radius 2 is 1.88 bits per heavy atom. The molecule has 25 heavy (non-hydrogen) atoms. The van der Waals surface area contributed by atoms with Gasteiger partial charge in [0.25, 0.3) is 0 Å². The molecule has 0 aliphatic rings. The molecule has 0 aliphatic heterocycles. The molecule has 2 aromatic heterocycles. The maximum absolute atomic E-state index is 13.0. The van der Waals surface area contributed by atoms with Crippen LogP contribution in [0.3, 0.4) is 0 Å². The van der Waals surface area contributed by atoms with E-state index in [0.29, 0.717) is 11.6 Å². The summed E-state index contributed by atoms with van der Waals surface area (Å²) in [6, 6.07) is 13.8. The van der Waals surface area contributed by atoms with E-state index in [1.54, 1.807) is 24.5 Å². The summed E-state index contributed by atoms with van der Waals surface area (Å²) in [7, 11) is 0.